The van der Waals surface area contributed by atoms with Gasteiger partial charge in [0, 0.05) is 94.5 Å². The van der Waals surface area contributed by atoms with Gasteiger partial charge in [-0.2, -0.15) is 5.26 Å². The molecule has 12 aromatic carbocycles. The van der Waals surface area contributed by atoms with Gasteiger partial charge in [-0.3, -0.25) is 25.1 Å². The van der Waals surface area contributed by atoms with E-state index >= 15 is 0 Å². The van der Waals surface area contributed by atoms with Crippen LogP contribution in [-0.4, -0.2) is 72.4 Å². The molecule has 0 atom stereocenters. The molecule has 0 spiro atoms. The Bertz CT molecular complexity index is 5550. The molecule has 12 rings (SSSR count). The maximum Gasteiger partial charge on any atom is 0.339 e. The predicted molar refractivity (Wildman–Crippen MR) is 448 cm³/mol. The lowest BCUT2D eigenvalue weighted by Crippen LogP contribution is -2.08. The molecule has 562 valence electrons. The summed E-state index contributed by atoms with van der Waals surface area (Å²) < 4.78 is 4.74. The Kier molecular flexibility index (Phi) is 32.3. The monoisotopic (exact) mass is 1510 g/mol. The summed E-state index contributed by atoms with van der Waals surface area (Å²) in [5, 5.41) is 97.4. The smallest absolute Gasteiger partial charge is 0.339 e. The minimum absolute atomic E-state index is 0.0316. The van der Waals surface area contributed by atoms with Crippen molar-refractivity contribution >= 4 is 76.0 Å². The van der Waals surface area contributed by atoms with Crippen LogP contribution in [0.3, 0.4) is 0 Å². The summed E-state index contributed by atoms with van der Waals surface area (Å²) in [6.45, 7) is 11.2. The van der Waals surface area contributed by atoms with E-state index < -0.39 is 4.92 Å². The van der Waals surface area contributed by atoms with E-state index in [0.717, 1.165) is 72.7 Å². The number of halogens is 1. The number of aliphatic imine (C=N–C) groups is 3. The van der Waals surface area contributed by atoms with Crippen LogP contribution in [0.1, 0.15) is 93.8 Å². The molecule has 0 unspecified atom stereocenters. The minimum Gasteiger partial charge on any atom is -0.508 e. The normalized spacial score (nSPS) is 10.2. The van der Waals surface area contributed by atoms with Gasteiger partial charge in [-0.1, -0.05) is 143 Å². The quantitative estimate of drug-likeness (QED) is 0.0101. The number of hydrogen-bond acceptors (Lipinski definition) is 18. The third-order valence-electron chi connectivity index (χ3n) is 16.1. The number of para-hydroxylation sites is 4. The first-order chi connectivity index (χ1) is 53.9. The van der Waals surface area contributed by atoms with Crippen molar-refractivity contribution in [1.29, 1.82) is 5.26 Å². The van der Waals surface area contributed by atoms with E-state index in [1.54, 1.807) is 116 Å². The molecule has 0 aliphatic rings. The van der Waals surface area contributed by atoms with Gasteiger partial charge in [0.2, 0.25) is 0 Å². The number of nitrogens with zero attached hydrogens (tertiary/aromatic N) is 5. The Morgan fingerprint density at radius 1 is 0.455 bits per heavy atom. The highest BCUT2D eigenvalue weighted by molar-refractivity contribution is 6.32. The number of phenolic OH excluding ortho intramolecular Hbond substituents is 7. The molecule has 19 nitrogen and oxygen atoms in total. The molecule has 20 heteroatoms. The van der Waals surface area contributed by atoms with Crippen molar-refractivity contribution in [2.75, 3.05) is 23.1 Å². The fraction of sp³-hybridized carbons (Fsp3) is 0.0978. The molecular weight excluding hydrogens is 1430 g/mol. The van der Waals surface area contributed by atoms with Crippen molar-refractivity contribution in [2.24, 2.45) is 15.0 Å². The van der Waals surface area contributed by atoms with Crippen molar-refractivity contribution in [3.05, 3.63) is 353 Å². The zero-order valence-corrected chi connectivity index (χ0v) is 62.9. The average Bonchev–Trinajstić information content (AvgIpc) is 0.862. The Hall–Kier alpha value is -15.0. The highest BCUT2D eigenvalue weighted by atomic mass is 35.5. The van der Waals surface area contributed by atoms with Crippen molar-refractivity contribution < 1.29 is 50.2 Å². The van der Waals surface area contributed by atoms with Crippen molar-refractivity contribution in [3.63, 3.8) is 0 Å². The number of nitriles is 1. The number of carbonyl (C=O) groups is 1. The summed E-state index contributed by atoms with van der Waals surface area (Å²) in [5.74, 6) is 8.38. The minimum atomic E-state index is -0.529. The number of benzene rings is 12. The summed E-state index contributed by atoms with van der Waals surface area (Å²) in [6.07, 6.45) is 20.5. The van der Waals surface area contributed by atoms with Gasteiger partial charge >= 0.3 is 5.97 Å². The van der Waals surface area contributed by atoms with Gasteiger partial charge in [0.25, 0.3) is 5.69 Å². The number of hydrogen-bond donors (Lipinski definition) is 10. The number of rotatable bonds is 17. The van der Waals surface area contributed by atoms with Crippen molar-refractivity contribution in [1.82, 2.24) is 0 Å². The van der Waals surface area contributed by atoms with Crippen LogP contribution in [0.15, 0.2) is 264 Å². The van der Waals surface area contributed by atoms with E-state index in [1.807, 2.05) is 162 Å². The van der Waals surface area contributed by atoms with Gasteiger partial charge in [0.1, 0.15) is 46.3 Å². The van der Waals surface area contributed by atoms with Crippen LogP contribution < -0.4 is 16.0 Å². The SMILES string of the molecule is C#Cc1cccc(N=Cc2cc(C)cc(Cl)c2O)c1.C#Cc1cccc(N=Cc2cc(O)ccc2[N+](=O)[O-])c1.C#Cc1cccc(N=Cc2ccc(C)cc2O)c1.COC(=O)c1ccccc1NCc1cc(C)ccc1O.Cc1ccc(O)c(CNc2ccccc2C#N)c1.Cc1ccc(O)c(CNc2ccccc2O)c1. The number of ether oxygens (including phenoxy) is 1. The van der Waals surface area contributed by atoms with Gasteiger partial charge in [0.05, 0.1) is 62.2 Å². The number of phenols is 7. The third kappa shape index (κ3) is 26.8. The molecule has 112 heavy (non-hydrogen) atoms. The third-order valence-corrected chi connectivity index (χ3v) is 16.4. The number of nitrogens with one attached hydrogen (secondary N) is 3. The number of methoxy groups -OCH3 is 1. The molecule has 0 radical (unpaired) electrons. The second-order valence-corrected chi connectivity index (χ2v) is 25.2. The number of nitro groups is 1. The Labute approximate surface area is 656 Å². The first-order valence-electron chi connectivity index (χ1n) is 34.5. The Balaban J connectivity index is 0.000000187. The van der Waals surface area contributed by atoms with Crippen LogP contribution in [0.4, 0.5) is 39.8 Å². The van der Waals surface area contributed by atoms with E-state index in [1.165, 1.54) is 31.5 Å². The molecule has 10 N–H and O–H groups in total. The van der Waals surface area contributed by atoms with Gasteiger partial charge in [-0.15, -0.1) is 19.3 Å². The van der Waals surface area contributed by atoms with Gasteiger partial charge < -0.3 is 56.4 Å². The molecule has 0 fully saturated rings. The van der Waals surface area contributed by atoms with Crippen LogP contribution in [0.5, 0.6) is 40.2 Å². The highest BCUT2D eigenvalue weighted by Crippen LogP contribution is 2.31. The number of aryl methyl sites for hydroxylation is 5. The van der Waals surface area contributed by atoms with E-state index in [2.05, 4.69) is 54.8 Å². The standard InChI is InChI=1S/C16H12ClNO.C16H17NO3.C16H13NO.C15H10N2O3.C15H14N2O.C14H15NO2/c1-3-12-5-4-6-14(9-12)18-10-13-7-11(2)8-15(17)16(13)19;1-11-7-8-15(18)12(9-11)10-17-14-6-4-3-5-13(14)16(19)20-2;1-3-13-5-4-6-15(10-13)17-11-14-8-7-12(2)9-16(14)18;1-2-11-4-3-5-13(8-11)16-10-12-9-14(18)6-7-15(12)17(19)20;1-11-6-7-15(18)13(8-11)10-17-14-5-3-2-4-12(14)9-16;1-10-6-7-13(16)11(8-10)9-15-12-4-2-3-5-14(12)17/h1,4-10,19H,2H3;3-9,17-18H,10H2,1-2H3;1,4-11,18H,2H3;1,3-10,18H;2-8,17-18H,10H2,1H3;2-8,15-17H,9H2,1H3. The second kappa shape index (κ2) is 43.0. The number of esters is 1. The van der Waals surface area contributed by atoms with Crippen LogP contribution >= 0.6 is 11.6 Å². The predicted octanol–water partition coefficient (Wildman–Crippen LogP) is 19.9. The topological polar surface area (TPSA) is 308 Å². The van der Waals surface area contributed by atoms with Gasteiger partial charge in [0.15, 0.2) is 0 Å². The van der Waals surface area contributed by atoms with E-state index in [0.29, 0.717) is 69.5 Å². The number of terminal acetylenes is 3. The summed E-state index contributed by atoms with van der Waals surface area (Å²) in [5.41, 5.74) is 16.5. The van der Waals surface area contributed by atoms with Crippen molar-refractivity contribution in [3.8, 4) is 83.3 Å². The molecule has 0 aliphatic heterocycles. The zero-order chi connectivity index (χ0) is 81.1. The molecule has 0 heterocycles. The fourth-order valence-corrected chi connectivity index (χ4v) is 10.6. The summed E-state index contributed by atoms with van der Waals surface area (Å²) in [7, 11) is 1.35. The van der Waals surface area contributed by atoms with Crippen LogP contribution in [0, 0.1) is 93.1 Å². The number of anilines is 3. The summed E-state index contributed by atoms with van der Waals surface area (Å²) in [6, 6.07) is 74.3. The molecular formula is C92H81ClN8O11. The summed E-state index contributed by atoms with van der Waals surface area (Å²) in [4.78, 5) is 34.7. The zero-order valence-electron chi connectivity index (χ0n) is 62.1. The molecule has 0 amide bonds. The Morgan fingerprint density at radius 3 is 1.36 bits per heavy atom. The molecule has 0 aliphatic carbocycles. The maximum absolute atomic E-state index is 11.7. The van der Waals surface area contributed by atoms with E-state index in [4.69, 9.17) is 40.9 Å². The summed E-state index contributed by atoms with van der Waals surface area (Å²) >= 11 is 5.91. The first-order valence-corrected chi connectivity index (χ1v) is 34.9. The lowest BCUT2D eigenvalue weighted by atomic mass is 10.1. The highest BCUT2D eigenvalue weighted by Gasteiger charge is 2.15. The van der Waals surface area contributed by atoms with Crippen molar-refractivity contribution in [2.45, 2.75) is 54.3 Å². The fourth-order valence-electron chi connectivity index (χ4n) is 10.3. The molecule has 0 saturated carbocycles. The molecule has 0 aromatic heterocycles. The number of carbonyl (C=O) groups excluding carboxylic acids is 1. The second-order valence-electron chi connectivity index (χ2n) is 24.8. The van der Waals surface area contributed by atoms with E-state index in [-0.39, 0.29) is 57.5 Å². The Morgan fingerprint density at radius 2 is 0.884 bits per heavy atom. The molecule has 0 bridgehead atoms. The first kappa shape index (κ1) is 84.2. The van der Waals surface area contributed by atoms with Crippen LogP contribution in [0.25, 0.3) is 0 Å². The van der Waals surface area contributed by atoms with Crippen LogP contribution in [-0.2, 0) is 24.4 Å². The number of aromatic hydroxyl groups is 7. The average molecular weight is 1510 g/mol. The number of nitro benzene ring substituents is 1. The lowest BCUT2D eigenvalue weighted by Gasteiger charge is -2.12. The van der Waals surface area contributed by atoms with E-state index in [9.17, 15) is 50.7 Å². The largest absolute Gasteiger partial charge is 0.508 e. The lowest BCUT2D eigenvalue weighted by molar-refractivity contribution is -0.385. The van der Waals surface area contributed by atoms with Crippen LogP contribution in [0.2, 0.25) is 5.02 Å². The maximum atomic E-state index is 11.7. The van der Waals surface area contributed by atoms with Gasteiger partial charge in [-0.05, 0) is 191 Å². The van der Waals surface area contributed by atoms with Gasteiger partial charge in [-0.25, -0.2) is 4.79 Å². The molecule has 0 saturated heterocycles. The molecule has 12 aromatic rings.